The van der Waals surface area contributed by atoms with Crippen LogP contribution in [0.15, 0.2) is 0 Å². The topological polar surface area (TPSA) is 181 Å². The Morgan fingerprint density at radius 1 is 1.08 bits per heavy atom. The number of carboxylic acids is 2. The Bertz CT molecular complexity index is 140. The zero-order chi connectivity index (χ0) is 8.31. The molecule has 0 aliphatic heterocycles. The molecule has 0 fully saturated rings. The molecule has 0 aromatic carbocycles. The minimum Gasteiger partial charge on any atom is -0.547 e. The Labute approximate surface area is 94.7 Å². The summed E-state index contributed by atoms with van der Waals surface area (Å²) in [7, 11) is 0. The van der Waals surface area contributed by atoms with Gasteiger partial charge in [-0.05, 0) is 0 Å². The number of aliphatic carboxylic acids is 2. The summed E-state index contributed by atoms with van der Waals surface area (Å²) in [6.07, 6.45) is -4.71. The van der Waals surface area contributed by atoms with Crippen LogP contribution in [-0.4, -0.2) is 50.4 Å². The average molecular weight is 208 g/mol. The maximum atomic E-state index is 9.74. The maximum Gasteiger partial charge on any atom is 1.00 e. The van der Waals surface area contributed by atoms with Crippen molar-refractivity contribution in [3.8, 4) is 0 Å². The standard InChI is InChI=1S/C4H6O6.Na.2H2O/c5-1(3(7)8)2(6)4(9)10;;;/h1-2,5-6H,(H,7,8)(H,9,10);;2*1H2/q;+1;;/p-1. The van der Waals surface area contributed by atoms with Crippen LogP contribution in [-0.2, 0) is 9.59 Å². The number of aliphatic hydroxyl groups excluding tert-OH is 2. The van der Waals surface area contributed by atoms with Crippen LogP contribution in [0.5, 0.6) is 0 Å². The van der Waals surface area contributed by atoms with Crippen LogP contribution in [0.1, 0.15) is 0 Å². The molecule has 0 saturated carbocycles. The summed E-state index contributed by atoms with van der Waals surface area (Å²) in [5, 5.41) is 34.1. The van der Waals surface area contributed by atoms with Gasteiger partial charge < -0.3 is 36.2 Å². The molecule has 0 heterocycles. The molecule has 0 bridgehead atoms. The number of rotatable bonds is 3. The van der Waals surface area contributed by atoms with Crippen molar-refractivity contribution in [1.29, 1.82) is 0 Å². The quantitative estimate of drug-likeness (QED) is 0.387. The van der Waals surface area contributed by atoms with Gasteiger partial charge in [-0.15, -0.1) is 0 Å². The van der Waals surface area contributed by atoms with Gasteiger partial charge in [0.15, 0.2) is 6.10 Å². The van der Waals surface area contributed by atoms with Gasteiger partial charge in [-0.3, -0.25) is 0 Å². The molecule has 2 atom stereocenters. The number of carbonyl (C=O) groups is 2. The van der Waals surface area contributed by atoms with Crippen LogP contribution in [0.4, 0.5) is 0 Å². The normalized spacial score (nSPS) is 12.2. The zero-order valence-corrected chi connectivity index (χ0v) is 8.72. The molecule has 7 N–H and O–H groups in total. The molecule has 74 valence electrons. The smallest absolute Gasteiger partial charge is 0.547 e. The Balaban J connectivity index is -0.000000135. The molecule has 2 unspecified atom stereocenters. The largest absolute Gasteiger partial charge is 1.00 e. The Morgan fingerprint density at radius 3 is 1.46 bits per heavy atom. The molecule has 0 aromatic rings. The van der Waals surface area contributed by atoms with E-state index in [1.165, 1.54) is 0 Å². The Kier molecular flexibility index (Phi) is 17.5. The van der Waals surface area contributed by atoms with E-state index in [4.69, 9.17) is 15.3 Å². The molecule has 8 nitrogen and oxygen atoms in total. The number of carbonyl (C=O) groups excluding carboxylic acids is 1. The average Bonchev–Trinajstić information content (AvgIpc) is 1.84. The summed E-state index contributed by atoms with van der Waals surface area (Å²) >= 11 is 0. The predicted molar refractivity (Wildman–Crippen MR) is 31.9 cm³/mol. The van der Waals surface area contributed by atoms with E-state index in [0.29, 0.717) is 0 Å². The van der Waals surface area contributed by atoms with Crippen LogP contribution in [0.2, 0.25) is 0 Å². The van der Waals surface area contributed by atoms with Crippen LogP contribution >= 0.6 is 0 Å². The summed E-state index contributed by atoms with van der Waals surface area (Å²) in [6, 6.07) is 0. The van der Waals surface area contributed by atoms with Crippen molar-refractivity contribution < 1.29 is 70.5 Å². The van der Waals surface area contributed by atoms with E-state index in [-0.39, 0.29) is 40.5 Å². The molecule has 0 aromatic heterocycles. The third-order valence-electron chi connectivity index (χ3n) is 0.794. The molecule has 0 radical (unpaired) electrons. The Hall–Kier alpha value is -0.220. The number of carboxylic acid groups (broad SMARTS) is 2. The first-order valence-corrected chi connectivity index (χ1v) is 2.26. The van der Waals surface area contributed by atoms with Gasteiger partial charge in [0.2, 0.25) is 0 Å². The molecule has 0 amide bonds. The fraction of sp³-hybridized carbons (Fsp3) is 0.500. The SMILES string of the molecule is O.O.O=C([O-])C(O)C(O)C(=O)O.[Na+]. The van der Waals surface area contributed by atoms with Gasteiger partial charge >= 0.3 is 35.5 Å². The second-order valence-electron chi connectivity index (χ2n) is 1.55. The van der Waals surface area contributed by atoms with Crippen molar-refractivity contribution in [2.75, 3.05) is 0 Å². The van der Waals surface area contributed by atoms with Gasteiger partial charge in [0.1, 0.15) is 6.10 Å². The Morgan fingerprint density at radius 2 is 1.38 bits per heavy atom. The third-order valence-corrected chi connectivity index (χ3v) is 0.794. The van der Waals surface area contributed by atoms with E-state index >= 15 is 0 Å². The summed E-state index contributed by atoms with van der Waals surface area (Å²) in [6.45, 7) is 0. The monoisotopic (exact) mass is 208 g/mol. The molecule has 9 heteroatoms. The number of aliphatic hydroxyl groups is 2. The van der Waals surface area contributed by atoms with Gasteiger partial charge in [0, 0.05) is 0 Å². The van der Waals surface area contributed by atoms with Crippen molar-refractivity contribution in [2.45, 2.75) is 12.2 Å². The van der Waals surface area contributed by atoms with Crippen molar-refractivity contribution >= 4 is 11.9 Å². The summed E-state index contributed by atoms with van der Waals surface area (Å²) in [4.78, 5) is 19.4. The van der Waals surface area contributed by atoms with E-state index in [0.717, 1.165) is 0 Å². The molecular weight excluding hydrogens is 199 g/mol. The predicted octanol–water partition coefficient (Wildman–Crippen LogP) is -8.10. The summed E-state index contributed by atoms with van der Waals surface area (Å²) in [5.74, 6) is -3.83. The van der Waals surface area contributed by atoms with E-state index in [1.54, 1.807) is 0 Å². The molecule has 0 spiro atoms. The van der Waals surface area contributed by atoms with Crippen molar-refractivity contribution in [3.63, 3.8) is 0 Å². The second-order valence-corrected chi connectivity index (χ2v) is 1.55. The molecular formula is C4H9NaO8. The summed E-state index contributed by atoms with van der Waals surface area (Å²) in [5.41, 5.74) is 0. The molecule has 0 rings (SSSR count). The minimum absolute atomic E-state index is 0. The second kappa shape index (κ2) is 9.86. The minimum atomic E-state index is -2.38. The fourth-order valence-corrected chi connectivity index (χ4v) is 0.264. The van der Waals surface area contributed by atoms with Gasteiger partial charge in [-0.2, -0.15) is 0 Å². The first kappa shape index (κ1) is 23.0. The van der Waals surface area contributed by atoms with Gasteiger partial charge in [-0.25, -0.2) is 4.79 Å². The zero-order valence-electron chi connectivity index (χ0n) is 6.72. The first-order chi connectivity index (χ1) is 4.46. The van der Waals surface area contributed by atoms with Crippen LogP contribution in [0.25, 0.3) is 0 Å². The van der Waals surface area contributed by atoms with Crippen LogP contribution < -0.4 is 34.7 Å². The summed E-state index contributed by atoms with van der Waals surface area (Å²) < 4.78 is 0. The van der Waals surface area contributed by atoms with Crippen molar-refractivity contribution in [3.05, 3.63) is 0 Å². The number of hydrogen-bond acceptors (Lipinski definition) is 5. The molecule has 0 aliphatic carbocycles. The first-order valence-electron chi connectivity index (χ1n) is 2.26. The van der Waals surface area contributed by atoms with Gasteiger partial charge in [0.25, 0.3) is 0 Å². The van der Waals surface area contributed by atoms with E-state index in [2.05, 4.69) is 0 Å². The van der Waals surface area contributed by atoms with E-state index < -0.39 is 24.1 Å². The van der Waals surface area contributed by atoms with Crippen molar-refractivity contribution in [1.82, 2.24) is 0 Å². The maximum absolute atomic E-state index is 9.74. The molecule has 13 heavy (non-hydrogen) atoms. The fourth-order valence-electron chi connectivity index (χ4n) is 0.264. The van der Waals surface area contributed by atoms with Crippen molar-refractivity contribution in [2.24, 2.45) is 0 Å². The molecule has 0 saturated heterocycles. The van der Waals surface area contributed by atoms with E-state index in [1.807, 2.05) is 0 Å². The van der Waals surface area contributed by atoms with Gasteiger partial charge in [0.05, 0.1) is 5.97 Å². The van der Waals surface area contributed by atoms with Gasteiger partial charge in [-0.1, -0.05) is 0 Å². The van der Waals surface area contributed by atoms with E-state index in [9.17, 15) is 14.7 Å². The number of hydrogen-bond donors (Lipinski definition) is 3. The van der Waals surface area contributed by atoms with Crippen LogP contribution in [0.3, 0.4) is 0 Å². The third kappa shape index (κ3) is 8.12. The molecule has 0 aliphatic rings. The van der Waals surface area contributed by atoms with Crippen LogP contribution in [0, 0.1) is 0 Å².